The molecule has 0 unspecified atom stereocenters. The lowest BCUT2D eigenvalue weighted by Gasteiger charge is -2.32. The number of hydrogen-bond acceptors (Lipinski definition) is 3. The minimum atomic E-state index is -0.563. The first-order valence-electron chi connectivity index (χ1n) is 8.35. The molecule has 1 atom stereocenters. The number of likely N-dealkylation sites (tertiary alicyclic amines) is 1. The molecule has 0 radical (unpaired) electrons. The standard InChI is InChI=1S/C18H27N3O2/c1-13(2)17(19)18(23)20-12-16(22)21-10-8-15(9-11-21)14-6-4-3-5-7-14/h3-7,13,15,17H,8-12,19H2,1-2H3,(H,20,23)/t17-/m0/s1. The van der Waals surface area contributed by atoms with Gasteiger partial charge in [0.1, 0.15) is 0 Å². The monoisotopic (exact) mass is 317 g/mol. The van der Waals surface area contributed by atoms with Gasteiger partial charge in [-0.05, 0) is 30.2 Å². The van der Waals surface area contributed by atoms with E-state index in [-0.39, 0.29) is 24.3 Å². The van der Waals surface area contributed by atoms with Crippen LogP contribution in [0.1, 0.15) is 38.2 Å². The summed E-state index contributed by atoms with van der Waals surface area (Å²) in [6.45, 7) is 5.30. The molecule has 1 aromatic rings. The van der Waals surface area contributed by atoms with Crippen molar-refractivity contribution in [1.82, 2.24) is 10.2 Å². The summed E-state index contributed by atoms with van der Waals surface area (Å²) in [6.07, 6.45) is 1.93. The lowest BCUT2D eigenvalue weighted by atomic mass is 9.89. The summed E-state index contributed by atoms with van der Waals surface area (Å²) in [5, 5.41) is 2.65. The summed E-state index contributed by atoms with van der Waals surface area (Å²) in [5.74, 6) is 0.296. The zero-order chi connectivity index (χ0) is 16.8. The minimum absolute atomic E-state index is 0.0270. The highest BCUT2D eigenvalue weighted by atomic mass is 16.2. The highest BCUT2D eigenvalue weighted by molar-refractivity contribution is 5.87. The molecule has 2 rings (SSSR count). The SMILES string of the molecule is CC(C)[C@H](N)C(=O)NCC(=O)N1CCC(c2ccccc2)CC1. The highest BCUT2D eigenvalue weighted by Gasteiger charge is 2.24. The van der Waals surface area contributed by atoms with Crippen molar-refractivity contribution in [3.8, 4) is 0 Å². The van der Waals surface area contributed by atoms with Crippen LogP contribution in [0, 0.1) is 5.92 Å². The molecular formula is C18H27N3O2. The van der Waals surface area contributed by atoms with Gasteiger partial charge in [-0.15, -0.1) is 0 Å². The van der Waals surface area contributed by atoms with E-state index in [2.05, 4.69) is 29.6 Å². The first-order valence-corrected chi connectivity index (χ1v) is 8.35. The Bertz CT molecular complexity index is 522. The van der Waals surface area contributed by atoms with Crippen molar-refractivity contribution in [2.24, 2.45) is 11.7 Å². The molecule has 23 heavy (non-hydrogen) atoms. The normalized spacial score (nSPS) is 17.1. The summed E-state index contributed by atoms with van der Waals surface area (Å²) in [7, 11) is 0. The van der Waals surface area contributed by atoms with E-state index in [0.717, 1.165) is 25.9 Å². The highest BCUT2D eigenvalue weighted by Crippen LogP contribution is 2.27. The van der Waals surface area contributed by atoms with Crippen molar-refractivity contribution in [1.29, 1.82) is 0 Å². The Hall–Kier alpha value is -1.88. The van der Waals surface area contributed by atoms with Crippen molar-refractivity contribution in [3.63, 3.8) is 0 Å². The van der Waals surface area contributed by atoms with E-state index in [1.165, 1.54) is 5.56 Å². The zero-order valence-electron chi connectivity index (χ0n) is 14.0. The van der Waals surface area contributed by atoms with Crippen molar-refractivity contribution in [2.75, 3.05) is 19.6 Å². The van der Waals surface area contributed by atoms with Gasteiger partial charge in [0.15, 0.2) is 0 Å². The van der Waals surface area contributed by atoms with Crippen LogP contribution in [-0.2, 0) is 9.59 Å². The van der Waals surface area contributed by atoms with Crippen LogP contribution >= 0.6 is 0 Å². The first-order chi connectivity index (χ1) is 11.0. The Labute approximate surface area is 138 Å². The molecule has 1 aromatic carbocycles. The van der Waals surface area contributed by atoms with E-state index in [9.17, 15) is 9.59 Å². The van der Waals surface area contributed by atoms with Crippen molar-refractivity contribution < 1.29 is 9.59 Å². The Morgan fingerprint density at radius 2 is 1.83 bits per heavy atom. The second-order valence-electron chi connectivity index (χ2n) is 6.55. The molecule has 1 heterocycles. The van der Waals surface area contributed by atoms with Crippen LogP contribution in [0.2, 0.25) is 0 Å². The van der Waals surface area contributed by atoms with E-state index in [1.54, 1.807) is 0 Å². The quantitative estimate of drug-likeness (QED) is 0.864. The second-order valence-corrected chi connectivity index (χ2v) is 6.55. The minimum Gasteiger partial charge on any atom is -0.346 e. The second kappa shape index (κ2) is 8.11. The van der Waals surface area contributed by atoms with E-state index in [1.807, 2.05) is 24.8 Å². The largest absolute Gasteiger partial charge is 0.346 e. The topological polar surface area (TPSA) is 75.4 Å². The molecule has 0 saturated carbocycles. The van der Waals surface area contributed by atoms with Gasteiger partial charge in [0.05, 0.1) is 12.6 Å². The number of rotatable bonds is 5. The molecule has 5 heteroatoms. The van der Waals surface area contributed by atoms with Crippen molar-refractivity contribution in [3.05, 3.63) is 35.9 Å². The molecule has 0 bridgehead atoms. The number of amides is 2. The molecule has 1 aliphatic heterocycles. The fourth-order valence-corrected chi connectivity index (χ4v) is 2.88. The Morgan fingerprint density at radius 3 is 2.39 bits per heavy atom. The molecule has 1 fully saturated rings. The summed E-state index contributed by atoms with van der Waals surface area (Å²) in [4.78, 5) is 25.8. The van der Waals surface area contributed by atoms with Crippen LogP contribution in [0.5, 0.6) is 0 Å². The average molecular weight is 317 g/mol. The van der Waals surface area contributed by atoms with E-state index in [4.69, 9.17) is 5.73 Å². The van der Waals surface area contributed by atoms with Gasteiger partial charge in [0, 0.05) is 13.1 Å². The third-order valence-electron chi connectivity index (χ3n) is 4.55. The molecule has 1 aliphatic rings. The molecule has 126 valence electrons. The first kappa shape index (κ1) is 17.5. The molecule has 1 saturated heterocycles. The molecule has 0 spiro atoms. The summed E-state index contributed by atoms with van der Waals surface area (Å²) in [5.41, 5.74) is 7.11. The smallest absolute Gasteiger partial charge is 0.241 e. The van der Waals surface area contributed by atoms with Gasteiger partial charge in [0.25, 0.3) is 0 Å². The van der Waals surface area contributed by atoms with Crippen molar-refractivity contribution in [2.45, 2.75) is 38.6 Å². The van der Waals surface area contributed by atoms with Crippen LogP contribution in [0.3, 0.4) is 0 Å². The maximum atomic E-state index is 12.2. The summed E-state index contributed by atoms with van der Waals surface area (Å²) in [6, 6.07) is 9.87. The zero-order valence-corrected chi connectivity index (χ0v) is 14.0. The number of nitrogens with zero attached hydrogens (tertiary/aromatic N) is 1. The molecule has 0 aromatic heterocycles. The van der Waals surface area contributed by atoms with Gasteiger partial charge >= 0.3 is 0 Å². The lowest BCUT2D eigenvalue weighted by Crippen LogP contribution is -2.49. The Kier molecular flexibility index (Phi) is 6.16. The summed E-state index contributed by atoms with van der Waals surface area (Å²) < 4.78 is 0. The average Bonchev–Trinajstić information content (AvgIpc) is 2.59. The maximum Gasteiger partial charge on any atom is 0.241 e. The van der Waals surface area contributed by atoms with Gasteiger partial charge in [-0.2, -0.15) is 0 Å². The van der Waals surface area contributed by atoms with E-state index < -0.39 is 6.04 Å². The number of carbonyl (C=O) groups is 2. The summed E-state index contributed by atoms with van der Waals surface area (Å²) >= 11 is 0. The number of carbonyl (C=O) groups excluding carboxylic acids is 2. The molecule has 0 aliphatic carbocycles. The van der Waals surface area contributed by atoms with Crippen LogP contribution in [0.4, 0.5) is 0 Å². The van der Waals surface area contributed by atoms with E-state index >= 15 is 0 Å². The molecule has 3 N–H and O–H groups in total. The van der Waals surface area contributed by atoms with Crippen LogP contribution in [-0.4, -0.2) is 42.4 Å². The van der Waals surface area contributed by atoms with Crippen LogP contribution in [0.25, 0.3) is 0 Å². The number of piperidine rings is 1. The number of benzene rings is 1. The molecule has 2 amide bonds. The molecule has 5 nitrogen and oxygen atoms in total. The molecular weight excluding hydrogens is 290 g/mol. The van der Waals surface area contributed by atoms with Gasteiger partial charge in [0.2, 0.25) is 11.8 Å². The van der Waals surface area contributed by atoms with Crippen LogP contribution < -0.4 is 11.1 Å². The fourth-order valence-electron chi connectivity index (χ4n) is 2.88. The Morgan fingerprint density at radius 1 is 1.22 bits per heavy atom. The van der Waals surface area contributed by atoms with E-state index in [0.29, 0.717) is 5.92 Å². The third-order valence-corrected chi connectivity index (χ3v) is 4.55. The maximum absolute atomic E-state index is 12.2. The number of nitrogens with one attached hydrogen (secondary N) is 1. The van der Waals surface area contributed by atoms with Gasteiger partial charge in [-0.25, -0.2) is 0 Å². The third kappa shape index (κ3) is 4.79. The predicted octanol–water partition coefficient (Wildman–Crippen LogP) is 1.49. The van der Waals surface area contributed by atoms with Gasteiger partial charge in [-0.1, -0.05) is 44.2 Å². The number of hydrogen-bond donors (Lipinski definition) is 2. The Balaban J connectivity index is 1.77. The van der Waals surface area contributed by atoms with Gasteiger partial charge in [-0.3, -0.25) is 9.59 Å². The van der Waals surface area contributed by atoms with Gasteiger partial charge < -0.3 is 16.0 Å². The fraction of sp³-hybridized carbons (Fsp3) is 0.556. The lowest BCUT2D eigenvalue weighted by molar-refractivity contribution is -0.134. The number of nitrogens with two attached hydrogens (primary N) is 1. The van der Waals surface area contributed by atoms with Crippen molar-refractivity contribution >= 4 is 11.8 Å². The van der Waals surface area contributed by atoms with Crippen LogP contribution in [0.15, 0.2) is 30.3 Å². The predicted molar refractivity (Wildman–Crippen MR) is 90.8 cm³/mol.